The molecule has 0 spiro atoms. The monoisotopic (exact) mass is 498 g/mol. The van der Waals surface area contributed by atoms with Crippen molar-refractivity contribution in [2.75, 3.05) is 18.8 Å². The van der Waals surface area contributed by atoms with Crippen LogP contribution in [0.4, 0.5) is 4.39 Å². The molecular formula is C22H24ClFN2O4S2. The molecule has 0 bridgehead atoms. The van der Waals surface area contributed by atoms with Crippen molar-refractivity contribution in [3.63, 3.8) is 0 Å². The van der Waals surface area contributed by atoms with Gasteiger partial charge in [-0.3, -0.25) is 4.79 Å². The number of nitrogens with zero attached hydrogens (tertiary/aromatic N) is 1. The molecule has 0 radical (unpaired) electrons. The number of sulfonamides is 1. The number of hydrogen-bond donors (Lipinski definition) is 1. The number of thioether (sulfide) groups is 1. The van der Waals surface area contributed by atoms with Gasteiger partial charge in [0, 0.05) is 29.3 Å². The molecule has 2 heterocycles. The molecule has 0 aliphatic carbocycles. The van der Waals surface area contributed by atoms with Crippen LogP contribution in [0.1, 0.15) is 42.2 Å². The van der Waals surface area contributed by atoms with Crippen LogP contribution >= 0.6 is 23.4 Å². The fourth-order valence-electron chi connectivity index (χ4n) is 4.09. The Kier molecular flexibility index (Phi) is 6.84. The van der Waals surface area contributed by atoms with Gasteiger partial charge in [0.2, 0.25) is 10.0 Å². The Morgan fingerprint density at radius 3 is 2.66 bits per heavy atom. The maximum absolute atomic E-state index is 14.1. The second kappa shape index (κ2) is 9.30. The summed E-state index contributed by atoms with van der Waals surface area (Å²) in [6.45, 7) is 4.04. The first-order valence-corrected chi connectivity index (χ1v) is 13.1. The quantitative estimate of drug-likeness (QED) is 0.682. The van der Waals surface area contributed by atoms with Crippen molar-refractivity contribution < 1.29 is 22.3 Å². The van der Waals surface area contributed by atoms with E-state index in [1.165, 1.54) is 40.3 Å². The average molecular weight is 499 g/mol. The lowest BCUT2D eigenvalue weighted by atomic mass is 10.0. The van der Waals surface area contributed by atoms with Crippen LogP contribution in [0.15, 0.2) is 46.2 Å². The van der Waals surface area contributed by atoms with E-state index in [1.54, 1.807) is 12.1 Å². The highest BCUT2D eigenvalue weighted by atomic mass is 35.5. The molecule has 172 valence electrons. The fourth-order valence-corrected chi connectivity index (χ4v) is 7.32. The third-order valence-electron chi connectivity index (χ3n) is 5.53. The van der Waals surface area contributed by atoms with Crippen LogP contribution < -0.4 is 5.32 Å². The first kappa shape index (κ1) is 23.5. The summed E-state index contributed by atoms with van der Waals surface area (Å²) in [6, 6.07) is 8.68. The summed E-state index contributed by atoms with van der Waals surface area (Å²) in [7, 11) is -3.91. The first-order valence-electron chi connectivity index (χ1n) is 10.3. The molecule has 2 aromatic carbocycles. The number of ether oxygens (including phenoxy) is 1. The highest BCUT2D eigenvalue weighted by Crippen LogP contribution is 2.38. The van der Waals surface area contributed by atoms with Crippen LogP contribution in [-0.4, -0.2) is 49.7 Å². The maximum atomic E-state index is 14.1. The topological polar surface area (TPSA) is 75.7 Å². The lowest BCUT2D eigenvalue weighted by Crippen LogP contribution is -2.48. The van der Waals surface area contributed by atoms with E-state index in [4.69, 9.17) is 16.3 Å². The Morgan fingerprint density at radius 1 is 1.22 bits per heavy atom. The van der Waals surface area contributed by atoms with Crippen molar-refractivity contribution in [3.8, 4) is 0 Å². The van der Waals surface area contributed by atoms with E-state index in [-0.39, 0.29) is 52.6 Å². The lowest BCUT2D eigenvalue weighted by Gasteiger charge is -2.34. The van der Waals surface area contributed by atoms with Crippen LogP contribution in [0, 0.1) is 5.82 Å². The van der Waals surface area contributed by atoms with Gasteiger partial charge < -0.3 is 10.1 Å². The van der Waals surface area contributed by atoms with Crippen LogP contribution in [0.25, 0.3) is 0 Å². The van der Waals surface area contributed by atoms with E-state index < -0.39 is 15.9 Å². The molecule has 6 nitrogen and oxygen atoms in total. The van der Waals surface area contributed by atoms with Crippen molar-refractivity contribution in [2.45, 2.75) is 48.3 Å². The van der Waals surface area contributed by atoms with Gasteiger partial charge in [-0.1, -0.05) is 23.7 Å². The van der Waals surface area contributed by atoms with Crippen molar-refractivity contribution in [3.05, 3.63) is 58.4 Å². The maximum Gasteiger partial charge on any atom is 0.251 e. The van der Waals surface area contributed by atoms with Gasteiger partial charge >= 0.3 is 0 Å². The third kappa shape index (κ3) is 4.68. The Hall–Kier alpha value is -1.65. The van der Waals surface area contributed by atoms with Crippen LogP contribution in [0.3, 0.4) is 0 Å². The zero-order valence-electron chi connectivity index (χ0n) is 17.7. The minimum Gasteiger partial charge on any atom is -0.373 e. The van der Waals surface area contributed by atoms with E-state index in [1.807, 2.05) is 13.8 Å². The Bertz CT molecular complexity index is 1130. The number of fused-ring (bicyclic) bond motifs is 1. The number of morpholine rings is 1. The van der Waals surface area contributed by atoms with Crippen molar-refractivity contribution in [1.29, 1.82) is 0 Å². The molecule has 1 saturated heterocycles. The number of halogens is 2. The van der Waals surface area contributed by atoms with Crippen molar-refractivity contribution in [2.24, 2.45) is 0 Å². The summed E-state index contributed by atoms with van der Waals surface area (Å²) >= 11 is 7.67. The van der Waals surface area contributed by atoms with Gasteiger partial charge in [0.15, 0.2) is 0 Å². The Labute approximate surface area is 196 Å². The minimum atomic E-state index is -3.91. The largest absolute Gasteiger partial charge is 0.373 e. The molecule has 2 aromatic rings. The van der Waals surface area contributed by atoms with Crippen molar-refractivity contribution in [1.82, 2.24) is 9.62 Å². The molecule has 4 rings (SSSR count). The molecule has 1 N–H and O–H groups in total. The smallest absolute Gasteiger partial charge is 0.251 e. The predicted molar refractivity (Wildman–Crippen MR) is 122 cm³/mol. The standard InChI is InChI=1S/C22H24ClFN2O4S2/c1-13-11-26(12-14(2)30-13)32(28,29)20-10-15(6-7-17(20)23)22(27)25-19-8-9-31-21-16(19)4-3-5-18(21)24/h3-7,10,13-14,19H,8-9,11-12H2,1-2H3,(H,25,27)/t13-,14+,19-/m0/s1. The summed E-state index contributed by atoms with van der Waals surface area (Å²) in [5.74, 6) is -0.0683. The minimum absolute atomic E-state index is 0.0508. The average Bonchev–Trinajstić information content (AvgIpc) is 2.74. The van der Waals surface area contributed by atoms with E-state index >= 15 is 0 Å². The number of carbonyl (C=O) groups excluding carboxylic acids is 1. The first-order chi connectivity index (χ1) is 15.2. The van der Waals surface area contributed by atoms with Crippen LogP contribution in [0.5, 0.6) is 0 Å². The fraction of sp³-hybridized carbons (Fsp3) is 0.409. The number of benzene rings is 2. The van der Waals surface area contributed by atoms with Gasteiger partial charge in [-0.15, -0.1) is 11.8 Å². The van der Waals surface area contributed by atoms with Crippen molar-refractivity contribution >= 4 is 39.3 Å². The zero-order chi connectivity index (χ0) is 23.0. The number of nitrogens with one attached hydrogen (secondary N) is 1. The second-order valence-electron chi connectivity index (χ2n) is 8.05. The Balaban J connectivity index is 1.60. The molecule has 0 aromatic heterocycles. The normalized spacial score (nSPS) is 24.1. The number of carbonyl (C=O) groups is 1. The second-order valence-corrected chi connectivity index (χ2v) is 11.5. The molecule has 3 atom stereocenters. The molecule has 0 saturated carbocycles. The molecule has 10 heteroatoms. The number of amides is 1. The highest BCUT2D eigenvalue weighted by Gasteiger charge is 2.34. The summed E-state index contributed by atoms with van der Waals surface area (Å²) in [4.78, 5) is 13.4. The van der Waals surface area contributed by atoms with Gasteiger partial charge in [0.25, 0.3) is 5.91 Å². The molecule has 32 heavy (non-hydrogen) atoms. The zero-order valence-corrected chi connectivity index (χ0v) is 20.1. The molecule has 1 amide bonds. The summed E-state index contributed by atoms with van der Waals surface area (Å²) in [6.07, 6.45) is 0.154. The van der Waals surface area contributed by atoms with E-state index in [0.717, 1.165) is 5.56 Å². The van der Waals surface area contributed by atoms with Gasteiger partial charge in [-0.25, -0.2) is 12.8 Å². The van der Waals surface area contributed by atoms with E-state index in [0.29, 0.717) is 17.1 Å². The summed E-state index contributed by atoms with van der Waals surface area (Å²) < 4.78 is 47.7. The van der Waals surface area contributed by atoms with E-state index in [9.17, 15) is 17.6 Å². The Morgan fingerprint density at radius 2 is 1.94 bits per heavy atom. The van der Waals surface area contributed by atoms with Gasteiger partial charge in [0.05, 0.1) is 23.3 Å². The molecule has 2 aliphatic heterocycles. The predicted octanol–water partition coefficient (Wildman–Crippen LogP) is 4.24. The number of rotatable bonds is 4. The van der Waals surface area contributed by atoms with Gasteiger partial charge in [-0.05, 0) is 50.1 Å². The van der Waals surface area contributed by atoms with E-state index in [2.05, 4.69) is 5.32 Å². The molecule has 2 aliphatic rings. The number of hydrogen-bond acceptors (Lipinski definition) is 5. The van der Waals surface area contributed by atoms with Crippen LogP contribution in [0.2, 0.25) is 5.02 Å². The SMILES string of the molecule is C[C@@H]1CN(S(=O)(=O)c2cc(C(=O)N[C@H]3CCSc4c(F)cccc43)ccc2Cl)C[C@H](C)O1. The van der Waals surface area contributed by atoms with Gasteiger partial charge in [-0.2, -0.15) is 4.31 Å². The molecular weight excluding hydrogens is 475 g/mol. The molecule has 0 unspecified atom stereocenters. The highest BCUT2D eigenvalue weighted by molar-refractivity contribution is 7.99. The molecule has 1 fully saturated rings. The van der Waals surface area contributed by atoms with Gasteiger partial charge in [0.1, 0.15) is 10.7 Å². The third-order valence-corrected chi connectivity index (χ3v) is 9.00. The summed E-state index contributed by atoms with van der Waals surface area (Å²) in [5.41, 5.74) is 0.909. The lowest BCUT2D eigenvalue weighted by molar-refractivity contribution is -0.0440. The van der Waals surface area contributed by atoms with Crippen LogP contribution in [-0.2, 0) is 14.8 Å². The summed E-state index contributed by atoms with van der Waals surface area (Å²) in [5, 5.41) is 2.97.